The van der Waals surface area contributed by atoms with Gasteiger partial charge in [0, 0.05) is 11.8 Å². The maximum atomic E-state index is 12.5. The third kappa shape index (κ3) is 2.15. The minimum Gasteiger partial charge on any atom is -0.374 e. The zero-order valence-corrected chi connectivity index (χ0v) is 10.4. The molecule has 2 nitrogen and oxygen atoms in total. The van der Waals surface area contributed by atoms with E-state index in [2.05, 4.69) is 0 Å². The van der Waals surface area contributed by atoms with Crippen LogP contribution >= 0.6 is 0 Å². The molecule has 0 amide bonds. The molecule has 2 fully saturated rings. The number of hydrogen-bond acceptors (Lipinski definition) is 2. The normalized spacial score (nSPS) is 33.9. The molecule has 1 aromatic carbocycles. The van der Waals surface area contributed by atoms with Crippen LogP contribution in [0.4, 0.5) is 13.2 Å². The highest BCUT2D eigenvalue weighted by molar-refractivity contribution is 5.30. The molecule has 2 aliphatic heterocycles. The second-order valence-electron chi connectivity index (χ2n) is 5.34. The highest BCUT2D eigenvalue weighted by Crippen LogP contribution is 2.48. The van der Waals surface area contributed by atoms with Crippen LogP contribution < -0.4 is 5.73 Å². The molecule has 2 heterocycles. The molecule has 3 rings (SSSR count). The summed E-state index contributed by atoms with van der Waals surface area (Å²) in [6, 6.07) is 5.43. The maximum absolute atomic E-state index is 12.5. The Morgan fingerprint density at radius 3 is 2.32 bits per heavy atom. The summed E-state index contributed by atoms with van der Waals surface area (Å²) in [7, 11) is 0. The molecule has 4 atom stereocenters. The van der Waals surface area contributed by atoms with Gasteiger partial charge in [0.25, 0.3) is 0 Å². The molecule has 0 aliphatic carbocycles. The van der Waals surface area contributed by atoms with Crippen LogP contribution in [-0.4, -0.2) is 18.8 Å². The first-order valence-corrected chi connectivity index (χ1v) is 6.53. The van der Waals surface area contributed by atoms with Crippen molar-refractivity contribution in [2.24, 2.45) is 11.7 Å². The van der Waals surface area contributed by atoms with Crippen molar-refractivity contribution >= 4 is 0 Å². The fourth-order valence-corrected chi connectivity index (χ4v) is 3.43. The summed E-state index contributed by atoms with van der Waals surface area (Å²) in [5, 5.41) is 0. The van der Waals surface area contributed by atoms with Gasteiger partial charge in [-0.25, -0.2) is 0 Å². The molecule has 4 unspecified atom stereocenters. The highest BCUT2D eigenvalue weighted by atomic mass is 19.4. The van der Waals surface area contributed by atoms with Crippen LogP contribution in [0.25, 0.3) is 0 Å². The summed E-state index contributed by atoms with van der Waals surface area (Å²) in [5.74, 6) is 0.376. The van der Waals surface area contributed by atoms with Gasteiger partial charge in [-0.05, 0) is 37.1 Å². The fourth-order valence-electron chi connectivity index (χ4n) is 3.43. The lowest BCUT2D eigenvalue weighted by atomic mass is 9.75. The monoisotopic (exact) mass is 271 g/mol. The molecule has 2 saturated heterocycles. The van der Waals surface area contributed by atoms with Crippen LogP contribution in [-0.2, 0) is 10.9 Å². The van der Waals surface area contributed by atoms with E-state index in [-0.39, 0.29) is 24.0 Å². The predicted octanol–water partition coefficient (Wildman–Crippen LogP) is 2.93. The highest BCUT2D eigenvalue weighted by Gasteiger charge is 2.48. The van der Waals surface area contributed by atoms with E-state index in [0.29, 0.717) is 6.54 Å². The van der Waals surface area contributed by atoms with E-state index in [1.807, 2.05) is 0 Å². The maximum Gasteiger partial charge on any atom is 0.416 e. The van der Waals surface area contributed by atoms with Crippen molar-refractivity contribution in [2.45, 2.75) is 37.1 Å². The van der Waals surface area contributed by atoms with Gasteiger partial charge in [0.2, 0.25) is 0 Å². The first-order valence-electron chi connectivity index (χ1n) is 6.53. The summed E-state index contributed by atoms with van der Waals surface area (Å²) < 4.78 is 43.5. The number of alkyl halides is 3. The van der Waals surface area contributed by atoms with Gasteiger partial charge in [-0.3, -0.25) is 0 Å². The van der Waals surface area contributed by atoms with Crippen molar-refractivity contribution in [1.29, 1.82) is 0 Å². The minimum absolute atomic E-state index is 0.121. The Balaban J connectivity index is 1.86. The Bertz CT molecular complexity index is 457. The first kappa shape index (κ1) is 12.9. The molecule has 0 radical (unpaired) electrons. The van der Waals surface area contributed by atoms with Crippen LogP contribution in [0.15, 0.2) is 24.3 Å². The number of halogens is 3. The molecule has 2 aliphatic rings. The summed E-state index contributed by atoms with van der Waals surface area (Å²) >= 11 is 0. The second kappa shape index (κ2) is 4.49. The van der Waals surface area contributed by atoms with Crippen LogP contribution in [0.1, 0.15) is 29.9 Å². The van der Waals surface area contributed by atoms with Crippen molar-refractivity contribution in [1.82, 2.24) is 0 Å². The van der Waals surface area contributed by atoms with E-state index in [0.717, 1.165) is 30.5 Å². The van der Waals surface area contributed by atoms with Gasteiger partial charge in [0.15, 0.2) is 0 Å². The minimum atomic E-state index is -4.28. The summed E-state index contributed by atoms with van der Waals surface area (Å²) in [6.07, 6.45) is -1.98. The second-order valence-corrected chi connectivity index (χ2v) is 5.34. The molecule has 2 N–H and O–H groups in total. The van der Waals surface area contributed by atoms with Gasteiger partial charge < -0.3 is 10.5 Å². The van der Waals surface area contributed by atoms with E-state index in [1.54, 1.807) is 12.1 Å². The van der Waals surface area contributed by atoms with Crippen LogP contribution in [0, 0.1) is 5.92 Å². The molecule has 0 aromatic heterocycles. The molecule has 2 bridgehead atoms. The van der Waals surface area contributed by atoms with Crippen molar-refractivity contribution < 1.29 is 17.9 Å². The summed E-state index contributed by atoms with van der Waals surface area (Å²) in [6.45, 7) is 0.521. The molecule has 1 aromatic rings. The van der Waals surface area contributed by atoms with Crippen molar-refractivity contribution in [3.05, 3.63) is 35.4 Å². The number of ether oxygens (including phenoxy) is 1. The van der Waals surface area contributed by atoms with Crippen molar-refractivity contribution in [2.75, 3.05) is 6.54 Å². The Morgan fingerprint density at radius 2 is 1.74 bits per heavy atom. The quantitative estimate of drug-likeness (QED) is 0.897. The smallest absolute Gasteiger partial charge is 0.374 e. The third-order valence-corrected chi connectivity index (χ3v) is 4.32. The third-order valence-electron chi connectivity index (χ3n) is 4.32. The SMILES string of the molecule is NCC1C2CCC(O2)C1c1ccc(C(F)(F)F)cc1. The summed E-state index contributed by atoms with van der Waals surface area (Å²) in [5.41, 5.74) is 6.09. The van der Waals surface area contributed by atoms with Crippen LogP contribution in [0.2, 0.25) is 0 Å². The van der Waals surface area contributed by atoms with E-state index >= 15 is 0 Å². The number of nitrogens with two attached hydrogens (primary N) is 1. The number of rotatable bonds is 2. The van der Waals surface area contributed by atoms with E-state index in [4.69, 9.17) is 10.5 Å². The standard InChI is InChI=1S/C14H16F3NO/c15-14(16,17)9-3-1-8(2-4-9)13-10(7-18)11-5-6-12(13)19-11/h1-4,10-13H,5-7,18H2. The largest absolute Gasteiger partial charge is 0.416 e. The number of fused-ring (bicyclic) bond motifs is 2. The van der Waals surface area contributed by atoms with E-state index < -0.39 is 11.7 Å². The fraction of sp³-hybridized carbons (Fsp3) is 0.571. The molecule has 0 saturated carbocycles. The van der Waals surface area contributed by atoms with Gasteiger partial charge in [-0.1, -0.05) is 12.1 Å². The average molecular weight is 271 g/mol. The Morgan fingerprint density at radius 1 is 1.11 bits per heavy atom. The van der Waals surface area contributed by atoms with E-state index in [1.165, 1.54) is 0 Å². The van der Waals surface area contributed by atoms with Gasteiger partial charge in [-0.15, -0.1) is 0 Å². The van der Waals surface area contributed by atoms with E-state index in [9.17, 15) is 13.2 Å². The van der Waals surface area contributed by atoms with Gasteiger partial charge in [0.1, 0.15) is 0 Å². The molecule has 19 heavy (non-hydrogen) atoms. The zero-order valence-electron chi connectivity index (χ0n) is 10.4. The lowest BCUT2D eigenvalue weighted by Gasteiger charge is -2.27. The molecule has 104 valence electrons. The number of hydrogen-bond donors (Lipinski definition) is 1. The Kier molecular flexibility index (Phi) is 3.06. The van der Waals surface area contributed by atoms with Gasteiger partial charge in [0.05, 0.1) is 17.8 Å². The first-order chi connectivity index (χ1) is 9.00. The summed E-state index contributed by atoms with van der Waals surface area (Å²) in [4.78, 5) is 0. The van der Waals surface area contributed by atoms with Crippen molar-refractivity contribution in [3.63, 3.8) is 0 Å². The van der Waals surface area contributed by atoms with Crippen molar-refractivity contribution in [3.8, 4) is 0 Å². The number of benzene rings is 1. The molecule has 0 spiro atoms. The molecular weight excluding hydrogens is 255 g/mol. The molecular formula is C14H16F3NO. The zero-order chi connectivity index (χ0) is 13.6. The topological polar surface area (TPSA) is 35.2 Å². The molecule has 5 heteroatoms. The lowest BCUT2D eigenvalue weighted by Crippen LogP contribution is -2.31. The Hall–Kier alpha value is -1.07. The Labute approximate surface area is 109 Å². The van der Waals surface area contributed by atoms with Gasteiger partial charge in [-0.2, -0.15) is 13.2 Å². The lowest BCUT2D eigenvalue weighted by molar-refractivity contribution is -0.137. The van der Waals surface area contributed by atoms with Crippen LogP contribution in [0.3, 0.4) is 0 Å². The average Bonchev–Trinajstić information content (AvgIpc) is 2.97. The van der Waals surface area contributed by atoms with Gasteiger partial charge >= 0.3 is 6.18 Å². The predicted molar refractivity (Wildman–Crippen MR) is 64.6 cm³/mol. The van der Waals surface area contributed by atoms with Crippen LogP contribution in [0.5, 0.6) is 0 Å².